The van der Waals surface area contributed by atoms with E-state index in [2.05, 4.69) is 25.6 Å². The Kier molecular flexibility index (Phi) is 3.16. The van der Waals surface area contributed by atoms with Gasteiger partial charge in [-0.05, 0) is 57.1 Å². The van der Waals surface area contributed by atoms with E-state index in [9.17, 15) is 4.79 Å². The number of rotatable bonds is 4. The highest BCUT2D eigenvalue weighted by atomic mass is 16.1. The van der Waals surface area contributed by atoms with Crippen LogP contribution in [0.25, 0.3) is 11.2 Å². The molecule has 126 valence electrons. The number of aromatic nitrogens is 3. The lowest BCUT2D eigenvalue weighted by atomic mass is 9.92. The average molecular weight is 325 g/mol. The lowest BCUT2D eigenvalue weighted by Gasteiger charge is -2.30. The van der Waals surface area contributed by atoms with E-state index in [4.69, 9.17) is 0 Å². The summed E-state index contributed by atoms with van der Waals surface area (Å²) in [4.78, 5) is 25.2. The Morgan fingerprint density at radius 3 is 3.12 bits per heavy atom. The lowest BCUT2D eigenvalue weighted by Crippen LogP contribution is -2.52. The molecule has 0 unspecified atom stereocenters. The smallest absolute Gasteiger partial charge is 0.254 e. The third kappa shape index (κ3) is 2.32. The van der Waals surface area contributed by atoms with Gasteiger partial charge in [-0.3, -0.25) is 4.79 Å². The van der Waals surface area contributed by atoms with E-state index in [1.54, 1.807) is 12.3 Å². The Balaban J connectivity index is 1.44. The zero-order valence-corrected chi connectivity index (χ0v) is 13.8. The van der Waals surface area contributed by atoms with Crippen LogP contribution in [0.15, 0.2) is 12.3 Å². The Bertz CT molecular complexity index is 784. The van der Waals surface area contributed by atoms with Crippen molar-refractivity contribution in [3.05, 3.63) is 23.7 Å². The number of H-pyrrole nitrogens is 1. The number of nitrogens with zero attached hydrogens (tertiary/aromatic N) is 2. The highest BCUT2D eigenvalue weighted by Gasteiger charge is 2.47. The first-order valence-electron chi connectivity index (χ1n) is 9.13. The summed E-state index contributed by atoms with van der Waals surface area (Å²) in [6, 6.07) is 2.23. The van der Waals surface area contributed by atoms with Crippen molar-refractivity contribution in [2.45, 2.75) is 56.5 Å². The van der Waals surface area contributed by atoms with Crippen LogP contribution in [0.4, 0.5) is 0 Å². The van der Waals surface area contributed by atoms with Crippen molar-refractivity contribution in [1.29, 1.82) is 0 Å². The van der Waals surface area contributed by atoms with Crippen molar-refractivity contribution in [3.8, 4) is 0 Å². The zero-order valence-electron chi connectivity index (χ0n) is 13.8. The van der Waals surface area contributed by atoms with Gasteiger partial charge >= 0.3 is 0 Å². The number of carbonyl (C=O) groups is 1. The molecule has 3 fully saturated rings. The Labute approximate surface area is 140 Å². The molecule has 2 saturated carbocycles. The van der Waals surface area contributed by atoms with Gasteiger partial charge in [0.2, 0.25) is 0 Å². The van der Waals surface area contributed by atoms with Crippen LogP contribution in [-0.2, 0) is 6.42 Å². The van der Waals surface area contributed by atoms with E-state index >= 15 is 0 Å². The molecule has 2 atom stereocenters. The zero-order chi connectivity index (χ0) is 16.1. The molecule has 2 aromatic heterocycles. The second kappa shape index (κ2) is 5.28. The van der Waals surface area contributed by atoms with Gasteiger partial charge in [-0.15, -0.1) is 0 Å². The summed E-state index contributed by atoms with van der Waals surface area (Å²) in [6.07, 6.45) is 9.65. The first-order valence-corrected chi connectivity index (χ1v) is 9.13. The molecule has 0 spiro atoms. The maximum atomic E-state index is 13.0. The summed E-state index contributed by atoms with van der Waals surface area (Å²) in [5.41, 5.74) is 2.04. The number of pyridine rings is 1. The molecule has 2 aliphatic carbocycles. The quantitative estimate of drug-likeness (QED) is 0.802. The van der Waals surface area contributed by atoms with Gasteiger partial charge in [-0.2, -0.15) is 0 Å². The molecule has 6 nitrogen and oxygen atoms in total. The van der Waals surface area contributed by atoms with Gasteiger partial charge in [0.25, 0.3) is 5.91 Å². The molecule has 5 rings (SSSR count). The Hall–Kier alpha value is -1.95. The Morgan fingerprint density at radius 1 is 1.33 bits per heavy atom. The highest BCUT2D eigenvalue weighted by molar-refractivity contribution is 6.04. The number of amides is 1. The van der Waals surface area contributed by atoms with Crippen molar-refractivity contribution in [2.24, 2.45) is 5.92 Å². The summed E-state index contributed by atoms with van der Waals surface area (Å²) < 4.78 is 0. The number of carbonyl (C=O) groups excluding carboxylic acids is 1. The molecule has 0 aromatic carbocycles. The lowest BCUT2D eigenvalue weighted by molar-refractivity contribution is 0.0899. The van der Waals surface area contributed by atoms with Gasteiger partial charge in [-0.1, -0.05) is 0 Å². The number of hydrogen-bond donors (Lipinski definition) is 3. The fourth-order valence-corrected chi connectivity index (χ4v) is 4.48. The van der Waals surface area contributed by atoms with Crippen molar-refractivity contribution < 1.29 is 4.79 Å². The van der Waals surface area contributed by atoms with Gasteiger partial charge in [0.15, 0.2) is 5.65 Å². The molecule has 0 radical (unpaired) electrons. The fourth-order valence-electron chi connectivity index (χ4n) is 4.48. The van der Waals surface area contributed by atoms with Crippen LogP contribution in [0.1, 0.15) is 54.7 Å². The first kappa shape index (κ1) is 14.4. The number of fused-ring (bicyclic) bond motifs is 2. The summed E-state index contributed by atoms with van der Waals surface area (Å²) >= 11 is 0. The predicted molar refractivity (Wildman–Crippen MR) is 90.8 cm³/mol. The van der Waals surface area contributed by atoms with Crippen molar-refractivity contribution in [1.82, 2.24) is 25.6 Å². The van der Waals surface area contributed by atoms with E-state index in [1.807, 2.05) is 0 Å². The van der Waals surface area contributed by atoms with E-state index in [1.165, 1.54) is 19.3 Å². The molecular formula is C18H23N5O. The SMILES string of the molecule is O=C(N[C@]12CCC[C@H]1NCC2)c1ccnc2nc(CC3CC3)[nH]c12. The second-order valence-electron chi connectivity index (χ2n) is 7.65. The van der Waals surface area contributed by atoms with Crippen LogP contribution in [0.5, 0.6) is 0 Å². The molecule has 3 aliphatic rings. The van der Waals surface area contributed by atoms with Crippen molar-refractivity contribution in [3.63, 3.8) is 0 Å². The Morgan fingerprint density at radius 2 is 2.25 bits per heavy atom. The summed E-state index contributed by atoms with van der Waals surface area (Å²) in [5, 5.41) is 6.89. The van der Waals surface area contributed by atoms with Crippen LogP contribution in [0.2, 0.25) is 0 Å². The van der Waals surface area contributed by atoms with Gasteiger partial charge < -0.3 is 15.6 Å². The summed E-state index contributed by atoms with van der Waals surface area (Å²) in [6.45, 7) is 0.992. The van der Waals surface area contributed by atoms with E-state index in [0.717, 1.165) is 49.5 Å². The minimum absolute atomic E-state index is 0.000350. The predicted octanol–water partition coefficient (Wildman–Crippen LogP) is 1.92. The first-order chi connectivity index (χ1) is 11.7. The van der Waals surface area contributed by atoms with E-state index in [0.29, 0.717) is 17.3 Å². The minimum atomic E-state index is -0.0659. The normalized spacial score (nSPS) is 29.1. The molecule has 24 heavy (non-hydrogen) atoms. The molecule has 1 aliphatic heterocycles. The largest absolute Gasteiger partial charge is 0.345 e. The van der Waals surface area contributed by atoms with Crippen LogP contribution in [-0.4, -0.2) is 39.0 Å². The van der Waals surface area contributed by atoms with Crippen LogP contribution in [0.3, 0.4) is 0 Å². The van der Waals surface area contributed by atoms with Crippen LogP contribution in [0, 0.1) is 5.92 Å². The monoisotopic (exact) mass is 325 g/mol. The molecule has 6 heteroatoms. The third-order valence-corrected chi connectivity index (χ3v) is 5.97. The summed E-state index contributed by atoms with van der Waals surface area (Å²) in [7, 11) is 0. The molecule has 1 saturated heterocycles. The van der Waals surface area contributed by atoms with Gasteiger partial charge in [0.1, 0.15) is 5.82 Å². The van der Waals surface area contributed by atoms with Crippen molar-refractivity contribution in [2.75, 3.05) is 6.54 Å². The molecule has 3 heterocycles. The van der Waals surface area contributed by atoms with Gasteiger partial charge in [0, 0.05) is 18.7 Å². The highest BCUT2D eigenvalue weighted by Crippen LogP contribution is 2.37. The van der Waals surface area contributed by atoms with Crippen molar-refractivity contribution >= 4 is 17.1 Å². The maximum absolute atomic E-state index is 13.0. The standard InChI is InChI=1S/C18H23N5O/c24-17(23-18-6-1-2-13(18)19-9-7-18)12-5-8-20-16-15(12)21-14(22-16)10-11-3-4-11/h5,8,11,13,19H,1-4,6-7,9-10H2,(H,23,24)(H,20,21,22)/t13-,18+/m1/s1. The number of imidazole rings is 1. The molecular weight excluding hydrogens is 302 g/mol. The van der Waals surface area contributed by atoms with Crippen LogP contribution < -0.4 is 10.6 Å². The fraction of sp³-hybridized carbons (Fsp3) is 0.611. The molecule has 1 amide bonds. The minimum Gasteiger partial charge on any atom is -0.345 e. The number of hydrogen-bond acceptors (Lipinski definition) is 4. The number of nitrogens with one attached hydrogen (secondary N) is 3. The maximum Gasteiger partial charge on any atom is 0.254 e. The summed E-state index contributed by atoms with van der Waals surface area (Å²) in [5.74, 6) is 1.71. The molecule has 3 N–H and O–H groups in total. The van der Waals surface area contributed by atoms with Crippen LogP contribution >= 0.6 is 0 Å². The van der Waals surface area contributed by atoms with E-state index < -0.39 is 0 Å². The van der Waals surface area contributed by atoms with Gasteiger partial charge in [-0.25, -0.2) is 9.97 Å². The van der Waals surface area contributed by atoms with E-state index in [-0.39, 0.29) is 11.4 Å². The number of aromatic amines is 1. The topological polar surface area (TPSA) is 82.7 Å². The molecule has 2 aromatic rings. The average Bonchev–Trinajstić information content (AvgIpc) is 2.97. The van der Waals surface area contributed by atoms with Gasteiger partial charge in [0.05, 0.1) is 16.6 Å². The molecule has 0 bridgehead atoms. The second-order valence-corrected chi connectivity index (χ2v) is 7.65. The third-order valence-electron chi connectivity index (χ3n) is 5.97.